The summed E-state index contributed by atoms with van der Waals surface area (Å²) in [5, 5.41) is 6.25. The summed E-state index contributed by atoms with van der Waals surface area (Å²) in [6, 6.07) is 5.78. The van der Waals surface area contributed by atoms with Crippen LogP contribution in [0.25, 0.3) is 0 Å². The molecule has 1 saturated heterocycles. The maximum Gasteiger partial charge on any atom is 0.251 e. The number of ether oxygens (including phenoxy) is 1. The summed E-state index contributed by atoms with van der Waals surface area (Å²) < 4.78 is 5.37. The van der Waals surface area contributed by atoms with E-state index in [2.05, 4.69) is 17.6 Å². The van der Waals surface area contributed by atoms with Crippen molar-refractivity contribution in [1.82, 2.24) is 5.32 Å². The fourth-order valence-corrected chi connectivity index (χ4v) is 2.21. The molecule has 0 bridgehead atoms. The van der Waals surface area contributed by atoms with Crippen LogP contribution < -0.4 is 10.6 Å². The zero-order chi connectivity index (χ0) is 13.7. The van der Waals surface area contributed by atoms with Crippen molar-refractivity contribution in [1.29, 1.82) is 0 Å². The number of hydrogen-bond acceptors (Lipinski definition) is 3. The first-order valence-electron chi connectivity index (χ1n) is 6.91. The summed E-state index contributed by atoms with van der Waals surface area (Å²) >= 11 is 0. The maximum atomic E-state index is 11.8. The van der Waals surface area contributed by atoms with Gasteiger partial charge in [0, 0.05) is 36.9 Å². The van der Waals surface area contributed by atoms with Crippen LogP contribution in [0.1, 0.15) is 29.3 Å². The number of hydrogen-bond donors (Lipinski definition) is 2. The summed E-state index contributed by atoms with van der Waals surface area (Å²) in [7, 11) is 0. The third kappa shape index (κ3) is 3.70. The van der Waals surface area contributed by atoms with Gasteiger partial charge >= 0.3 is 0 Å². The third-order valence-electron chi connectivity index (χ3n) is 3.44. The van der Waals surface area contributed by atoms with Crippen LogP contribution in [0.5, 0.6) is 0 Å². The Labute approximate surface area is 114 Å². The molecule has 0 aliphatic carbocycles. The molecule has 1 aliphatic rings. The topological polar surface area (TPSA) is 50.4 Å². The normalized spacial score (nSPS) is 18.3. The lowest BCUT2D eigenvalue weighted by molar-refractivity contribution is 0.0956. The van der Waals surface area contributed by atoms with E-state index in [4.69, 9.17) is 4.74 Å². The molecule has 0 spiro atoms. The molecule has 1 amide bonds. The first-order valence-corrected chi connectivity index (χ1v) is 6.91. The molecule has 0 aromatic heterocycles. The summed E-state index contributed by atoms with van der Waals surface area (Å²) in [5.74, 6) is 0.558. The molecule has 1 aromatic rings. The van der Waals surface area contributed by atoms with E-state index in [1.54, 1.807) is 0 Å². The van der Waals surface area contributed by atoms with E-state index in [1.807, 2.05) is 25.1 Å². The first-order chi connectivity index (χ1) is 9.20. The Morgan fingerprint density at radius 1 is 1.47 bits per heavy atom. The quantitative estimate of drug-likeness (QED) is 0.855. The lowest BCUT2D eigenvalue weighted by Gasteiger charge is -2.14. The minimum absolute atomic E-state index is 0.0188. The van der Waals surface area contributed by atoms with Crippen molar-refractivity contribution in [2.75, 3.05) is 31.6 Å². The van der Waals surface area contributed by atoms with E-state index in [-0.39, 0.29) is 5.91 Å². The van der Waals surface area contributed by atoms with Gasteiger partial charge in [0.2, 0.25) is 0 Å². The van der Waals surface area contributed by atoms with E-state index >= 15 is 0 Å². The molecule has 1 aliphatic heterocycles. The second-order valence-corrected chi connectivity index (χ2v) is 5.00. The average molecular weight is 262 g/mol. The van der Waals surface area contributed by atoms with E-state index in [0.29, 0.717) is 18.0 Å². The Morgan fingerprint density at radius 2 is 2.32 bits per heavy atom. The van der Waals surface area contributed by atoms with Gasteiger partial charge in [-0.2, -0.15) is 0 Å². The SMILES string of the molecule is CCNC(=O)c1ccc(C)c(NCC2CCOC2)c1. The number of aryl methyl sites for hydroxylation is 1. The summed E-state index contributed by atoms with van der Waals surface area (Å²) in [6.45, 7) is 7.22. The summed E-state index contributed by atoms with van der Waals surface area (Å²) in [5.41, 5.74) is 2.90. The van der Waals surface area contributed by atoms with Crippen LogP contribution in [0.3, 0.4) is 0 Å². The monoisotopic (exact) mass is 262 g/mol. The largest absolute Gasteiger partial charge is 0.384 e. The minimum atomic E-state index is -0.0188. The van der Waals surface area contributed by atoms with Gasteiger partial charge in [-0.15, -0.1) is 0 Å². The Morgan fingerprint density at radius 3 is 3.00 bits per heavy atom. The highest BCUT2D eigenvalue weighted by molar-refractivity contribution is 5.95. The van der Waals surface area contributed by atoms with Crippen LogP contribution in [-0.4, -0.2) is 32.2 Å². The van der Waals surface area contributed by atoms with Crippen molar-refractivity contribution in [2.45, 2.75) is 20.3 Å². The van der Waals surface area contributed by atoms with Gasteiger partial charge < -0.3 is 15.4 Å². The molecule has 1 unspecified atom stereocenters. The number of anilines is 1. The molecule has 1 atom stereocenters. The van der Waals surface area contributed by atoms with E-state index in [0.717, 1.165) is 37.4 Å². The fourth-order valence-electron chi connectivity index (χ4n) is 2.21. The van der Waals surface area contributed by atoms with Crippen molar-refractivity contribution >= 4 is 11.6 Å². The molecular weight excluding hydrogens is 240 g/mol. The highest BCUT2D eigenvalue weighted by Crippen LogP contribution is 2.19. The lowest BCUT2D eigenvalue weighted by Crippen LogP contribution is -2.23. The van der Waals surface area contributed by atoms with Crippen LogP contribution in [0.4, 0.5) is 5.69 Å². The van der Waals surface area contributed by atoms with Gasteiger partial charge in [0.15, 0.2) is 0 Å². The molecule has 1 fully saturated rings. The molecule has 0 saturated carbocycles. The number of rotatable bonds is 5. The van der Waals surface area contributed by atoms with Crippen LogP contribution in [0.2, 0.25) is 0 Å². The van der Waals surface area contributed by atoms with Gasteiger partial charge in [0.1, 0.15) is 0 Å². The van der Waals surface area contributed by atoms with Gasteiger partial charge in [-0.1, -0.05) is 6.07 Å². The highest BCUT2D eigenvalue weighted by Gasteiger charge is 2.15. The Hall–Kier alpha value is -1.55. The van der Waals surface area contributed by atoms with Crippen molar-refractivity contribution < 1.29 is 9.53 Å². The second kappa shape index (κ2) is 6.57. The molecule has 1 aromatic carbocycles. The first kappa shape index (κ1) is 13.9. The van der Waals surface area contributed by atoms with E-state index in [9.17, 15) is 4.79 Å². The van der Waals surface area contributed by atoms with Crippen molar-refractivity contribution in [3.8, 4) is 0 Å². The zero-order valence-electron chi connectivity index (χ0n) is 11.7. The Bertz CT molecular complexity index is 440. The van der Waals surface area contributed by atoms with Crippen LogP contribution in [0.15, 0.2) is 18.2 Å². The molecule has 2 rings (SSSR count). The van der Waals surface area contributed by atoms with Gasteiger partial charge in [-0.3, -0.25) is 4.79 Å². The van der Waals surface area contributed by atoms with Gasteiger partial charge in [0.25, 0.3) is 5.91 Å². The molecule has 4 heteroatoms. The zero-order valence-corrected chi connectivity index (χ0v) is 11.7. The van der Waals surface area contributed by atoms with E-state index in [1.165, 1.54) is 0 Å². The number of nitrogens with one attached hydrogen (secondary N) is 2. The van der Waals surface area contributed by atoms with Crippen LogP contribution in [-0.2, 0) is 4.74 Å². The van der Waals surface area contributed by atoms with E-state index < -0.39 is 0 Å². The Balaban J connectivity index is 2.01. The van der Waals surface area contributed by atoms with Crippen molar-refractivity contribution in [3.05, 3.63) is 29.3 Å². The molecular formula is C15H22N2O2. The number of benzene rings is 1. The predicted octanol–water partition coefficient (Wildman–Crippen LogP) is 2.19. The van der Waals surface area contributed by atoms with Gasteiger partial charge in [-0.05, 0) is 38.0 Å². The van der Waals surface area contributed by atoms with Crippen molar-refractivity contribution in [2.24, 2.45) is 5.92 Å². The summed E-state index contributed by atoms with van der Waals surface area (Å²) in [4.78, 5) is 11.8. The van der Waals surface area contributed by atoms with Crippen LogP contribution >= 0.6 is 0 Å². The molecule has 1 heterocycles. The van der Waals surface area contributed by atoms with Crippen molar-refractivity contribution in [3.63, 3.8) is 0 Å². The van der Waals surface area contributed by atoms with Crippen LogP contribution in [0, 0.1) is 12.8 Å². The lowest BCUT2D eigenvalue weighted by atomic mass is 10.1. The number of carbonyl (C=O) groups excluding carboxylic acids is 1. The smallest absolute Gasteiger partial charge is 0.251 e. The van der Waals surface area contributed by atoms with Gasteiger partial charge in [0.05, 0.1) is 6.61 Å². The third-order valence-corrected chi connectivity index (χ3v) is 3.44. The highest BCUT2D eigenvalue weighted by atomic mass is 16.5. The predicted molar refractivity (Wildman–Crippen MR) is 76.6 cm³/mol. The summed E-state index contributed by atoms with van der Waals surface area (Å²) in [6.07, 6.45) is 1.11. The molecule has 2 N–H and O–H groups in total. The number of amides is 1. The molecule has 0 radical (unpaired) electrons. The number of carbonyl (C=O) groups is 1. The maximum absolute atomic E-state index is 11.8. The molecule has 104 valence electrons. The Kier molecular flexibility index (Phi) is 4.80. The standard InChI is InChI=1S/C15H22N2O2/c1-3-16-15(18)13-5-4-11(2)14(8-13)17-9-12-6-7-19-10-12/h4-5,8,12,17H,3,6-7,9-10H2,1-2H3,(H,16,18). The molecule has 19 heavy (non-hydrogen) atoms. The minimum Gasteiger partial charge on any atom is -0.384 e. The fraction of sp³-hybridized carbons (Fsp3) is 0.533. The molecule has 4 nitrogen and oxygen atoms in total. The second-order valence-electron chi connectivity index (χ2n) is 5.00. The average Bonchev–Trinajstić information content (AvgIpc) is 2.91. The van der Waals surface area contributed by atoms with Gasteiger partial charge in [-0.25, -0.2) is 0 Å².